The number of hydrogen-bond donors (Lipinski definition) is 2. The Labute approximate surface area is 137 Å². The van der Waals surface area contributed by atoms with E-state index in [2.05, 4.69) is 52.2 Å². The van der Waals surface area contributed by atoms with Crippen molar-refractivity contribution in [3.8, 4) is 23.5 Å². The largest absolute Gasteiger partial charge is 0.496 e. The van der Waals surface area contributed by atoms with Crippen LogP contribution in [0.4, 0.5) is 5.95 Å². The van der Waals surface area contributed by atoms with Crippen LogP contribution in [0, 0.1) is 0 Å². The number of aromatic nitrogens is 3. The molecule has 2 rings (SSSR count). The molecule has 0 fully saturated rings. The van der Waals surface area contributed by atoms with Gasteiger partial charge in [-0.3, -0.25) is 5.43 Å². The second-order valence-electron chi connectivity index (χ2n) is 3.59. The quantitative estimate of drug-likeness (QED) is 0.561. The number of rotatable bonds is 5. The van der Waals surface area contributed by atoms with E-state index in [4.69, 9.17) is 20.1 Å². The van der Waals surface area contributed by atoms with Gasteiger partial charge in [0.25, 0.3) is 0 Å². The van der Waals surface area contributed by atoms with E-state index in [0.717, 1.165) is 4.47 Å². The van der Waals surface area contributed by atoms with Gasteiger partial charge in [-0.15, -0.1) is 4.98 Å². The summed E-state index contributed by atoms with van der Waals surface area (Å²) >= 11 is 6.76. The maximum absolute atomic E-state index is 5.60. The minimum absolute atomic E-state index is 0.0348. The van der Waals surface area contributed by atoms with Gasteiger partial charge in [-0.2, -0.15) is 9.97 Å². The fraction of sp³-hybridized carbons (Fsp3) is 0.182. The highest BCUT2D eigenvalue weighted by molar-refractivity contribution is 9.11. The Morgan fingerprint density at radius 1 is 0.952 bits per heavy atom. The minimum Gasteiger partial charge on any atom is -0.496 e. The number of anilines is 1. The maximum Gasteiger partial charge on any atom is 0.330 e. The predicted molar refractivity (Wildman–Crippen MR) is 82.7 cm³/mol. The molecule has 1 aromatic heterocycles. The fourth-order valence-corrected chi connectivity index (χ4v) is 2.27. The fourth-order valence-electron chi connectivity index (χ4n) is 1.38. The van der Waals surface area contributed by atoms with Gasteiger partial charge in [-0.05, 0) is 37.9 Å². The Kier molecular flexibility index (Phi) is 5.15. The molecule has 21 heavy (non-hydrogen) atoms. The van der Waals surface area contributed by atoms with Crippen molar-refractivity contribution in [3.05, 3.63) is 21.1 Å². The van der Waals surface area contributed by atoms with Crippen LogP contribution in [0.2, 0.25) is 0 Å². The molecule has 8 nitrogen and oxygen atoms in total. The standard InChI is InChI=1S/C11H11Br2N5O3/c1-19-7-3-6(13)8(4-5(7)12)21-11-16-9(18-14)15-10(17-11)20-2/h3-4H,14H2,1-2H3,(H,15,16,17,18). The average molecular weight is 421 g/mol. The van der Waals surface area contributed by atoms with Crippen LogP contribution in [-0.4, -0.2) is 29.2 Å². The Morgan fingerprint density at radius 2 is 1.57 bits per heavy atom. The van der Waals surface area contributed by atoms with Gasteiger partial charge in [-0.1, -0.05) is 0 Å². The Morgan fingerprint density at radius 3 is 2.19 bits per heavy atom. The molecule has 0 amide bonds. The smallest absolute Gasteiger partial charge is 0.330 e. The van der Waals surface area contributed by atoms with E-state index >= 15 is 0 Å². The van der Waals surface area contributed by atoms with Crippen LogP contribution < -0.4 is 25.5 Å². The summed E-state index contributed by atoms with van der Waals surface area (Å²) in [6.45, 7) is 0. The molecule has 112 valence electrons. The van der Waals surface area contributed by atoms with Crippen LogP contribution in [0.1, 0.15) is 0 Å². The number of nitrogens with zero attached hydrogens (tertiary/aromatic N) is 3. The zero-order valence-corrected chi connectivity index (χ0v) is 14.2. The maximum atomic E-state index is 5.60. The lowest BCUT2D eigenvalue weighted by molar-refractivity contribution is 0.359. The van der Waals surface area contributed by atoms with Crippen molar-refractivity contribution in [3.63, 3.8) is 0 Å². The first kappa shape index (κ1) is 15.7. The zero-order chi connectivity index (χ0) is 15.4. The third kappa shape index (κ3) is 3.71. The zero-order valence-electron chi connectivity index (χ0n) is 11.1. The molecule has 3 N–H and O–H groups in total. The Balaban J connectivity index is 2.35. The van der Waals surface area contributed by atoms with Gasteiger partial charge >= 0.3 is 12.0 Å². The van der Waals surface area contributed by atoms with Crippen LogP contribution in [0.3, 0.4) is 0 Å². The van der Waals surface area contributed by atoms with Crippen molar-refractivity contribution in [2.75, 3.05) is 19.6 Å². The van der Waals surface area contributed by atoms with Gasteiger partial charge in [0.1, 0.15) is 11.5 Å². The van der Waals surface area contributed by atoms with Crippen LogP contribution in [0.25, 0.3) is 0 Å². The predicted octanol–water partition coefficient (Wildman–Crippen LogP) is 2.49. The van der Waals surface area contributed by atoms with Crippen molar-refractivity contribution in [1.29, 1.82) is 0 Å². The molecular weight excluding hydrogens is 410 g/mol. The number of ether oxygens (including phenoxy) is 3. The first-order chi connectivity index (χ1) is 10.1. The summed E-state index contributed by atoms with van der Waals surface area (Å²) in [4.78, 5) is 11.8. The first-order valence-corrected chi connectivity index (χ1v) is 7.13. The highest BCUT2D eigenvalue weighted by Gasteiger charge is 2.13. The highest BCUT2D eigenvalue weighted by Crippen LogP contribution is 2.37. The minimum atomic E-state index is 0.0348. The molecule has 0 saturated carbocycles. The van der Waals surface area contributed by atoms with Gasteiger partial charge in [0.2, 0.25) is 5.95 Å². The van der Waals surface area contributed by atoms with E-state index < -0.39 is 0 Å². The molecule has 1 heterocycles. The second-order valence-corrected chi connectivity index (χ2v) is 5.30. The van der Waals surface area contributed by atoms with E-state index in [1.165, 1.54) is 7.11 Å². The molecule has 0 bridgehead atoms. The second kappa shape index (κ2) is 6.87. The number of methoxy groups -OCH3 is 2. The number of halogens is 2. The number of nitrogen functional groups attached to an aromatic ring is 1. The van der Waals surface area contributed by atoms with Crippen molar-refractivity contribution >= 4 is 37.8 Å². The molecule has 0 radical (unpaired) electrons. The summed E-state index contributed by atoms with van der Waals surface area (Å²) < 4.78 is 17.1. The Hall–Kier alpha value is -1.65. The molecule has 10 heteroatoms. The first-order valence-electron chi connectivity index (χ1n) is 5.55. The van der Waals surface area contributed by atoms with Crippen molar-refractivity contribution in [2.45, 2.75) is 0 Å². The third-order valence-corrected chi connectivity index (χ3v) is 3.55. The van der Waals surface area contributed by atoms with E-state index in [0.29, 0.717) is 16.0 Å². The summed E-state index contributed by atoms with van der Waals surface area (Å²) in [6, 6.07) is 3.58. The number of benzene rings is 1. The summed E-state index contributed by atoms with van der Waals surface area (Å²) in [5, 5.41) is 0. The van der Waals surface area contributed by atoms with Crippen LogP contribution >= 0.6 is 31.9 Å². The molecule has 2 aromatic rings. The summed E-state index contributed by atoms with van der Waals surface area (Å²) in [5.41, 5.74) is 2.31. The molecular formula is C11H11Br2N5O3. The van der Waals surface area contributed by atoms with Crippen LogP contribution in [-0.2, 0) is 0 Å². The number of nitrogens with one attached hydrogen (secondary N) is 1. The molecule has 1 aromatic carbocycles. The number of hydrazine groups is 1. The van der Waals surface area contributed by atoms with E-state index in [1.807, 2.05) is 0 Å². The third-order valence-electron chi connectivity index (χ3n) is 2.31. The highest BCUT2D eigenvalue weighted by atomic mass is 79.9. The molecule has 0 atom stereocenters. The van der Waals surface area contributed by atoms with Gasteiger partial charge < -0.3 is 14.2 Å². The molecule has 0 aliphatic carbocycles. The topological polar surface area (TPSA) is 104 Å². The SMILES string of the molecule is COc1nc(NN)nc(Oc2cc(Br)c(OC)cc2Br)n1. The van der Waals surface area contributed by atoms with Crippen molar-refractivity contribution < 1.29 is 14.2 Å². The molecule has 0 spiro atoms. The lowest BCUT2D eigenvalue weighted by atomic mass is 10.3. The molecule has 0 aliphatic rings. The van der Waals surface area contributed by atoms with Crippen molar-refractivity contribution in [1.82, 2.24) is 15.0 Å². The lowest BCUT2D eigenvalue weighted by Gasteiger charge is -2.10. The summed E-state index contributed by atoms with van der Waals surface area (Å²) in [7, 11) is 3.00. The molecule has 0 aliphatic heterocycles. The number of nitrogens with two attached hydrogens (primary N) is 1. The lowest BCUT2D eigenvalue weighted by Crippen LogP contribution is -2.12. The Bertz CT molecular complexity index is 634. The van der Waals surface area contributed by atoms with E-state index in [9.17, 15) is 0 Å². The monoisotopic (exact) mass is 419 g/mol. The van der Waals surface area contributed by atoms with E-state index in [1.54, 1.807) is 19.2 Å². The van der Waals surface area contributed by atoms with Gasteiger partial charge in [0, 0.05) is 6.07 Å². The molecule has 0 unspecified atom stereocenters. The van der Waals surface area contributed by atoms with E-state index in [-0.39, 0.29) is 18.0 Å². The average Bonchev–Trinajstić information content (AvgIpc) is 2.50. The number of hydrogen-bond acceptors (Lipinski definition) is 8. The normalized spacial score (nSPS) is 10.1. The van der Waals surface area contributed by atoms with Crippen molar-refractivity contribution in [2.24, 2.45) is 5.84 Å². The van der Waals surface area contributed by atoms with Gasteiger partial charge in [-0.25, -0.2) is 5.84 Å². The van der Waals surface area contributed by atoms with Crippen LogP contribution in [0.15, 0.2) is 21.1 Å². The van der Waals surface area contributed by atoms with Gasteiger partial charge in [0.05, 0.1) is 23.2 Å². The summed E-state index contributed by atoms with van der Waals surface area (Å²) in [5.74, 6) is 6.55. The molecule has 0 saturated heterocycles. The summed E-state index contributed by atoms with van der Waals surface area (Å²) in [6.07, 6.45) is 0. The van der Waals surface area contributed by atoms with Crippen LogP contribution in [0.5, 0.6) is 23.5 Å². The van der Waals surface area contributed by atoms with Gasteiger partial charge in [0.15, 0.2) is 0 Å².